The third kappa shape index (κ3) is 2.97. The highest BCUT2D eigenvalue weighted by atomic mass is 79.9. The fourth-order valence-corrected chi connectivity index (χ4v) is 2.50. The Hall–Kier alpha value is -1.10. The van der Waals surface area contributed by atoms with E-state index in [9.17, 15) is 4.39 Å². The number of halogens is 3. The molecule has 0 aliphatic carbocycles. The lowest BCUT2D eigenvalue weighted by atomic mass is 9.98. The second-order valence-electron chi connectivity index (χ2n) is 4.28. The van der Waals surface area contributed by atoms with Gasteiger partial charge >= 0.3 is 0 Å². The van der Waals surface area contributed by atoms with Crippen molar-refractivity contribution in [1.82, 2.24) is 5.32 Å². The van der Waals surface area contributed by atoms with Gasteiger partial charge in [0.2, 0.25) is 0 Å². The second-order valence-corrected chi connectivity index (χ2v) is 5.51. The number of rotatable bonds is 4. The number of hydrogen-bond acceptors (Lipinski definition) is 2. The highest BCUT2D eigenvalue weighted by Crippen LogP contribution is 2.35. The molecule has 5 heteroatoms. The van der Waals surface area contributed by atoms with Crippen LogP contribution in [0.25, 0.3) is 11.1 Å². The quantitative estimate of drug-likeness (QED) is 0.804. The summed E-state index contributed by atoms with van der Waals surface area (Å²) in [6, 6.07) is 9.00. The van der Waals surface area contributed by atoms with Crippen LogP contribution < -0.4 is 10.1 Å². The van der Waals surface area contributed by atoms with Crippen LogP contribution in [0.2, 0.25) is 5.02 Å². The van der Waals surface area contributed by atoms with Crippen molar-refractivity contribution < 1.29 is 9.13 Å². The molecule has 2 nitrogen and oxygen atoms in total. The van der Waals surface area contributed by atoms with Gasteiger partial charge in [0.15, 0.2) is 5.82 Å². The van der Waals surface area contributed by atoms with E-state index in [-0.39, 0.29) is 5.02 Å². The van der Waals surface area contributed by atoms with Gasteiger partial charge in [-0.1, -0.05) is 23.7 Å². The molecule has 0 saturated carbocycles. The van der Waals surface area contributed by atoms with Crippen molar-refractivity contribution in [2.24, 2.45) is 0 Å². The van der Waals surface area contributed by atoms with Gasteiger partial charge in [-0.3, -0.25) is 0 Å². The van der Waals surface area contributed by atoms with Gasteiger partial charge < -0.3 is 10.1 Å². The third-order valence-corrected chi connectivity index (χ3v) is 4.26. The first-order valence-electron chi connectivity index (χ1n) is 6.04. The zero-order chi connectivity index (χ0) is 14.7. The Morgan fingerprint density at radius 1 is 1.25 bits per heavy atom. The Bertz CT molecular complexity index is 634. The molecule has 0 atom stereocenters. The fourth-order valence-electron chi connectivity index (χ4n) is 2.03. The molecule has 0 heterocycles. The van der Waals surface area contributed by atoms with E-state index < -0.39 is 5.82 Å². The lowest BCUT2D eigenvalue weighted by molar-refractivity contribution is 0.414. The molecule has 2 aromatic rings. The van der Waals surface area contributed by atoms with Crippen molar-refractivity contribution in [2.75, 3.05) is 14.2 Å². The highest BCUT2D eigenvalue weighted by Gasteiger charge is 2.15. The van der Waals surface area contributed by atoms with Gasteiger partial charge in [-0.25, -0.2) is 4.39 Å². The van der Waals surface area contributed by atoms with Crippen LogP contribution in [0.3, 0.4) is 0 Å². The van der Waals surface area contributed by atoms with Gasteiger partial charge in [0, 0.05) is 16.6 Å². The SMILES string of the molecule is CNCc1cc(OC)ccc1-c1ccc(Br)c(Cl)c1F. The van der Waals surface area contributed by atoms with Crippen LogP contribution in [0, 0.1) is 5.82 Å². The van der Waals surface area contributed by atoms with E-state index in [2.05, 4.69) is 21.2 Å². The average Bonchev–Trinajstić information content (AvgIpc) is 2.46. The highest BCUT2D eigenvalue weighted by molar-refractivity contribution is 9.10. The smallest absolute Gasteiger partial charge is 0.150 e. The Morgan fingerprint density at radius 3 is 2.60 bits per heavy atom. The van der Waals surface area contributed by atoms with Crippen LogP contribution in [0.1, 0.15) is 5.56 Å². The molecule has 0 unspecified atom stereocenters. The molecule has 0 bridgehead atoms. The molecule has 0 saturated heterocycles. The minimum atomic E-state index is -0.427. The summed E-state index contributed by atoms with van der Waals surface area (Å²) in [6.45, 7) is 0.611. The van der Waals surface area contributed by atoms with E-state index in [4.69, 9.17) is 16.3 Å². The van der Waals surface area contributed by atoms with Crippen molar-refractivity contribution in [3.05, 3.63) is 51.2 Å². The molecule has 106 valence electrons. The number of ether oxygens (including phenoxy) is 1. The van der Waals surface area contributed by atoms with E-state index >= 15 is 0 Å². The Morgan fingerprint density at radius 2 is 1.95 bits per heavy atom. The van der Waals surface area contributed by atoms with Crippen LogP contribution in [0.4, 0.5) is 4.39 Å². The minimum absolute atomic E-state index is 0.0914. The predicted molar refractivity (Wildman–Crippen MR) is 83.9 cm³/mol. The summed E-state index contributed by atoms with van der Waals surface area (Å²) in [5.41, 5.74) is 2.22. The summed E-state index contributed by atoms with van der Waals surface area (Å²) in [7, 11) is 3.45. The molecule has 0 fully saturated rings. The Labute approximate surface area is 131 Å². The normalized spacial score (nSPS) is 10.7. The van der Waals surface area contributed by atoms with Gasteiger partial charge in [-0.15, -0.1) is 0 Å². The molecule has 0 spiro atoms. The monoisotopic (exact) mass is 357 g/mol. The number of hydrogen-bond donors (Lipinski definition) is 1. The van der Waals surface area contributed by atoms with Gasteiger partial charge in [0.05, 0.1) is 12.1 Å². The molecule has 0 amide bonds. The van der Waals surface area contributed by atoms with Crippen LogP contribution in [-0.2, 0) is 6.54 Å². The molecule has 2 rings (SSSR count). The first-order chi connectivity index (χ1) is 9.58. The van der Waals surface area contributed by atoms with E-state index in [0.29, 0.717) is 16.6 Å². The van der Waals surface area contributed by atoms with Crippen molar-refractivity contribution in [1.29, 1.82) is 0 Å². The summed E-state index contributed by atoms with van der Waals surface area (Å²) >= 11 is 9.18. The van der Waals surface area contributed by atoms with Crippen molar-refractivity contribution >= 4 is 27.5 Å². The van der Waals surface area contributed by atoms with Crippen LogP contribution >= 0.6 is 27.5 Å². The maximum atomic E-state index is 14.3. The molecule has 0 radical (unpaired) electrons. The second kappa shape index (κ2) is 6.57. The van der Waals surface area contributed by atoms with Crippen molar-refractivity contribution in [3.63, 3.8) is 0 Å². The summed E-state index contributed by atoms with van der Waals surface area (Å²) < 4.78 is 20.1. The Balaban J connectivity index is 2.60. The lowest BCUT2D eigenvalue weighted by Gasteiger charge is -2.13. The van der Waals surface area contributed by atoms with Crippen molar-refractivity contribution in [3.8, 4) is 16.9 Å². The van der Waals surface area contributed by atoms with E-state index in [1.54, 1.807) is 19.2 Å². The number of nitrogens with one attached hydrogen (secondary N) is 1. The summed E-state index contributed by atoms with van der Waals surface area (Å²) in [4.78, 5) is 0. The molecule has 0 aromatic heterocycles. The van der Waals surface area contributed by atoms with Gasteiger partial charge in [-0.2, -0.15) is 0 Å². The topological polar surface area (TPSA) is 21.3 Å². The van der Waals surface area contributed by atoms with Crippen molar-refractivity contribution in [2.45, 2.75) is 6.54 Å². The zero-order valence-electron chi connectivity index (χ0n) is 11.1. The first-order valence-corrected chi connectivity index (χ1v) is 7.21. The summed E-state index contributed by atoms with van der Waals surface area (Å²) in [5.74, 6) is 0.311. The molecule has 1 N–H and O–H groups in total. The van der Waals surface area contributed by atoms with Crippen LogP contribution in [0.5, 0.6) is 5.75 Å². The molecule has 0 aliphatic heterocycles. The minimum Gasteiger partial charge on any atom is -0.497 e. The largest absolute Gasteiger partial charge is 0.497 e. The van der Waals surface area contributed by atoms with Crippen LogP contribution in [0.15, 0.2) is 34.8 Å². The van der Waals surface area contributed by atoms with E-state index in [0.717, 1.165) is 16.9 Å². The molecular weight excluding hydrogens is 345 g/mol. The number of benzene rings is 2. The lowest BCUT2D eigenvalue weighted by Crippen LogP contribution is -2.07. The Kier molecular flexibility index (Phi) is 5.02. The summed E-state index contributed by atoms with van der Waals surface area (Å²) in [5, 5.41) is 3.16. The molecule has 20 heavy (non-hydrogen) atoms. The van der Waals surface area contributed by atoms with Gasteiger partial charge in [0.1, 0.15) is 5.75 Å². The number of methoxy groups -OCH3 is 1. The average molecular weight is 359 g/mol. The first kappa shape index (κ1) is 15.3. The summed E-state index contributed by atoms with van der Waals surface area (Å²) in [6.07, 6.45) is 0. The maximum Gasteiger partial charge on any atom is 0.150 e. The van der Waals surface area contributed by atoms with Gasteiger partial charge in [0.25, 0.3) is 0 Å². The van der Waals surface area contributed by atoms with E-state index in [1.165, 1.54) is 0 Å². The van der Waals surface area contributed by atoms with Gasteiger partial charge in [-0.05, 0) is 52.3 Å². The van der Waals surface area contributed by atoms with E-state index in [1.807, 2.05) is 25.2 Å². The third-order valence-electron chi connectivity index (χ3n) is 3.00. The molecular formula is C15H14BrClFNO. The van der Waals surface area contributed by atoms with Crippen LogP contribution in [-0.4, -0.2) is 14.2 Å². The molecule has 0 aliphatic rings. The predicted octanol–water partition coefficient (Wildman–Crippen LogP) is 4.64. The maximum absolute atomic E-state index is 14.3. The standard InChI is InChI=1S/C15H14BrClFNO/c1-19-8-9-7-10(20-2)3-4-11(9)12-5-6-13(16)14(17)15(12)18/h3-7,19H,8H2,1-2H3. The molecule has 2 aromatic carbocycles. The fraction of sp³-hybridized carbons (Fsp3) is 0.200. The zero-order valence-corrected chi connectivity index (χ0v) is 13.5.